The summed E-state index contributed by atoms with van der Waals surface area (Å²) in [6.07, 6.45) is 94.6. The third kappa shape index (κ3) is 40.6. The van der Waals surface area contributed by atoms with Gasteiger partial charge in [-0.1, -0.05) is 546 Å². The summed E-state index contributed by atoms with van der Waals surface area (Å²) in [4.78, 5) is 0. The lowest BCUT2D eigenvalue weighted by Crippen LogP contribution is -2.63. The lowest BCUT2D eigenvalue weighted by atomic mass is 9.37. The molecule has 3 aromatic rings. The van der Waals surface area contributed by atoms with Crippen molar-refractivity contribution in [1.29, 1.82) is 0 Å². The molecule has 0 aromatic heterocycles. The number of phenols is 3. The van der Waals surface area contributed by atoms with Crippen LogP contribution in [0.3, 0.4) is 0 Å². The Morgan fingerprint density at radius 1 is 0.203 bits per heavy atom. The normalized spacial score (nSPS) is 13.1. The maximum atomic E-state index is 13.1. The van der Waals surface area contributed by atoms with Gasteiger partial charge in [0.25, 0.3) is 0 Å². The Morgan fingerprint density at radius 3 is 0.602 bits per heavy atom. The minimum absolute atomic E-state index is 0.304. The highest BCUT2D eigenvalue weighted by Gasteiger charge is 2.66. The van der Waals surface area contributed by atoms with Gasteiger partial charge in [-0.05, 0) is 155 Å². The highest BCUT2D eigenvalue weighted by molar-refractivity contribution is 5.60. The van der Waals surface area contributed by atoms with Crippen LogP contribution in [0, 0.1) is 32.1 Å². The second-order valence-electron chi connectivity index (χ2n) is 42.7. The van der Waals surface area contributed by atoms with Gasteiger partial charge in [0, 0.05) is 10.8 Å². The molecule has 0 radical (unpaired) electrons. The summed E-state index contributed by atoms with van der Waals surface area (Å²) in [5, 5.41) is 39.1. The molecule has 0 spiro atoms. The molecule has 0 saturated carbocycles. The van der Waals surface area contributed by atoms with Crippen LogP contribution in [0.15, 0.2) is 36.4 Å². The lowest BCUT2D eigenvalue weighted by molar-refractivity contribution is -0.0508. The highest BCUT2D eigenvalue weighted by Crippen LogP contribution is 2.71. The van der Waals surface area contributed by atoms with E-state index < -0.39 is 5.41 Å². The first-order valence-corrected chi connectivity index (χ1v) is 53.4. The van der Waals surface area contributed by atoms with Crippen molar-refractivity contribution in [2.24, 2.45) is 11.3 Å². The average molecular weight is 1640 g/mol. The molecule has 0 bridgehead atoms. The number of benzene rings is 3. The summed E-state index contributed by atoms with van der Waals surface area (Å²) in [6, 6.07) is 15.0. The van der Waals surface area contributed by atoms with E-state index in [1.54, 1.807) is 5.56 Å². The van der Waals surface area contributed by atoms with E-state index in [1.807, 2.05) is 0 Å². The van der Waals surface area contributed by atoms with E-state index in [-0.39, 0.29) is 27.1 Å². The van der Waals surface area contributed by atoms with Crippen LogP contribution in [0.4, 0.5) is 0 Å². The highest BCUT2D eigenvalue weighted by atomic mass is 16.3. The number of unbranched alkanes of at least 4 members (excludes halogenated alkanes) is 60. The Morgan fingerprint density at radius 2 is 0.381 bits per heavy atom. The van der Waals surface area contributed by atoms with Gasteiger partial charge in [-0.15, -0.1) is 0 Å². The van der Waals surface area contributed by atoms with Crippen molar-refractivity contribution in [3.05, 3.63) is 86.5 Å². The molecule has 3 heteroatoms. The monoisotopic (exact) mass is 1640 g/mol. The maximum absolute atomic E-state index is 13.1. The first kappa shape index (κ1) is 109. The minimum atomic E-state index is -0.588. The summed E-state index contributed by atoms with van der Waals surface area (Å²) in [5.41, 5.74) is 9.31. The molecule has 118 heavy (non-hydrogen) atoms. The third-order valence-electron chi connectivity index (χ3n) is 29.3. The fourth-order valence-corrected chi connectivity index (χ4v) is 22.3. The van der Waals surface area contributed by atoms with Crippen molar-refractivity contribution < 1.29 is 15.3 Å². The number of aryl methyl sites for hydroxylation is 3. The predicted molar refractivity (Wildman–Crippen MR) is 529 cm³/mol. The van der Waals surface area contributed by atoms with Crippen LogP contribution in [0.2, 0.25) is 0 Å². The Labute approximate surface area is 739 Å². The van der Waals surface area contributed by atoms with Crippen molar-refractivity contribution in [2.45, 2.75) is 614 Å². The smallest absolute Gasteiger partial charge is 0.119 e. The second kappa shape index (κ2) is 64.7. The van der Waals surface area contributed by atoms with Gasteiger partial charge in [-0.3, -0.25) is 0 Å². The van der Waals surface area contributed by atoms with Crippen LogP contribution in [0.5, 0.6) is 17.2 Å². The first-order valence-electron chi connectivity index (χ1n) is 53.4. The molecule has 1 unspecified atom stereocenters. The van der Waals surface area contributed by atoms with Crippen LogP contribution in [-0.4, -0.2) is 15.3 Å². The fourth-order valence-electron chi connectivity index (χ4n) is 22.3. The van der Waals surface area contributed by atoms with Gasteiger partial charge in [-0.25, -0.2) is 0 Å². The molecular formula is C115H208O3. The van der Waals surface area contributed by atoms with Gasteiger partial charge < -0.3 is 15.3 Å². The van der Waals surface area contributed by atoms with Gasteiger partial charge in [0.05, 0.1) is 0 Å². The molecule has 0 fully saturated rings. The Balaban J connectivity index is 2.98. The zero-order chi connectivity index (χ0) is 86.7. The Kier molecular flexibility index (Phi) is 59.9. The summed E-state index contributed by atoms with van der Waals surface area (Å²) in [6.45, 7) is 43.0. The van der Waals surface area contributed by atoms with Gasteiger partial charge in [0.2, 0.25) is 0 Å². The van der Waals surface area contributed by atoms with Crippen molar-refractivity contribution in [2.75, 3.05) is 0 Å². The zero-order valence-corrected chi connectivity index (χ0v) is 83.3. The van der Waals surface area contributed by atoms with E-state index in [2.05, 4.69) is 161 Å². The van der Waals surface area contributed by atoms with E-state index in [9.17, 15) is 15.3 Å². The van der Waals surface area contributed by atoms with Crippen molar-refractivity contribution in [3.63, 3.8) is 0 Å². The lowest BCUT2D eigenvalue weighted by Gasteiger charge is -2.66. The number of hydrogen-bond donors (Lipinski definition) is 3. The van der Waals surface area contributed by atoms with Gasteiger partial charge >= 0.3 is 0 Å². The first-order chi connectivity index (χ1) is 56.9. The number of rotatable bonds is 78. The predicted octanol–water partition coefficient (Wildman–Crippen LogP) is 39.7. The summed E-state index contributed by atoms with van der Waals surface area (Å²) < 4.78 is 0. The van der Waals surface area contributed by atoms with Crippen LogP contribution >= 0.6 is 0 Å². The van der Waals surface area contributed by atoms with Crippen molar-refractivity contribution in [1.82, 2.24) is 0 Å². The Bertz CT molecular complexity index is 2760. The van der Waals surface area contributed by atoms with Crippen LogP contribution in [0.25, 0.3) is 0 Å². The molecule has 0 saturated heterocycles. The summed E-state index contributed by atoms with van der Waals surface area (Å²) in [5.74, 6) is 1.74. The summed E-state index contributed by atoms with van der Waals surface area (Å²) in [7, 11) is 0. The molecule has 0 amide bonds. The number of aromatic hydroxyl groups is 3. The maximum Gasteiger partial charge on any atom is 0.119 e. The molecule has 686 valence electrons. The molecular weight excluding hydrogens is 1430 g/mol. The number of hydrogen-bond acceptors (Lipinski definition) is 3. The standard InChI is InChI=1S/C115H208O3/c1-19-25-31-37-43-49-55-61-67-73-79-85-100(86-80-74-68-62-56-50-44-38-32-26-20-2)114(89-83-77-71-65-59-53-47-41-35-29-23-5,101-94-104(110(10,11)12)107(116)91-97(101)7)113(87-81-75-69-63-57-51-45-39-33-27-21-3,88-82-76-70-64-58-52-46-40-34-28-22-4)115(90-84-78-72-66-60-54-48-42-36-30-24-6,102-95-105(111(13,14)15)108(117)92-98(102)8)103-96-106(112(16,17)18)109(118)93-99(103)9/h91-96,100,116-118H,19-90H2,1-18H3. The van der Waals surface area contributed by atoms with Gasteiger partial charge in [-0.2, -0.15) is 0 Å². The molecule has 0 heterocycles. The fraction of sp³-hybridized carbons (Fsp3) is 0.843. The molecule has 3 N–H and O–H groups in total. The summed E-state index contributed by atoms with van der Waals surface area (Å²) >= 11 is 0. The zero-order valence-electron chi connectivity index (χ0n) is 83.3. The van der Waals surface area contributed by atoms with Crippen LogP contribution < -0.4 is 0 Å². The van der Waals surface area contributed by atoms with Gasteiger partial charge in [0.1, 0.15) is 17.2 Å². The topological polar surface area (TPSA) is 60.7 Å². The average Bonchev–Trinajstić information content (AvgIpc) is 0.674. The van der Waals surface area contributed by atoms with Crippen molar-refractivity contribution >= 4 is 0 Å². The molecule has 1 atom stereocenters. The molecule has 0 aliphatic rings. The quantitative estimate of drug-likeness (QED) is 0.0494. The van der Waals surface area contributed by atoms with E-state index >= 15 is 0 Å². The van der Waals surface area contributed by atoms with Crippen molar-refractivity contribution in [3.8, 4) is 17.2 Å². The molecule has 0 aliphatic carbocycles. The molecule has 3 nitrogen and oxygen atoms in total. The third-order valence-corrected chi connectivity index (χ3v) is 29.3. The SMILES string of the molecule is CCCCCCCCCCCCCC(CCCCCCCCCCCCC)C(CCCCCCCCCCCCC)(c1cc(C(C)(C)C)c(O)cc1C)C(CCCCCCCCCCCCC)(CCCCCCCCCCCCC)C(CCCCCCCCCCCCC)(c1cc(C(C)(C)C)c(O)cc1C)c1cc(C(C)(C)C)c(O)cc1C. The second-order valence-corrected chi connectivity index (χ2v) is 42.7. The molecule has 0 aliphatic heterocycles. The van der Waals surface area contributed by atoms with Crippen LogP contribution in [0.1, 0.15) is 616 Å². The largest absolute Gasteiger partial charge is 0.508 e. The molecule has 3 aromatic carbocycles. The van der Waals surface area contributed by atoms with E-state index in [1.165, 1.54) is 458 Å². The van der Waals surface area contributed by atoms with E-state index in [0.717, 1.165) is 48.8 Å². The Hall–Kier alpha value is -2.94. The number of phenolic OH excluding ortho intramolecular Hbond substituents is 3. The van der Waals surface area contributed by atoms with E-state index in [4.69, 9.17) is 0 Å². The van der Waals surface area contributed by atoms with E-state index in [0.29, 0.717) is 23.2 Å². The molecule has 3 rings (SSSR count). The minimum Gasteiger partial charge on any atom is -0.508 e. The van der Waals surface area contributed by atoms with Crippen LogP contribution in [-0.2, 0) is 27.1 Å². The van der Waals surface area contributed by atoms with Gasteiger partial charge in [0.15, 0.2) is 0 Å².